The fraction of sp³-hybridized carbons (Fsp3) is 1.00. The minimum absolute atomic E-state index is 0. The van der Waals surface area contributed by atoms with Gasteiger partial charge in [-0.25, -0.2) is 0 Å². The van der Waals surface area contributed by atoms with Crippen molar-refractivity contribution in [3.8, 4) is 0 Å². The molecule has 0 N–H and O–H groups in total. The van der Waals surface area contributed by atoms with Gasteiger partial charge >= 0.3 is 37.9 Å². The Hall–Kier alpha value is 1.58. The van der Waals surface area contributed by atoms with Crippen molar-refractivity contribution in [2.45, 2.75) is 7.43 Å². The molecular formula is CH4B6La. The summed E-state index contributed by atoms with van der Waals surface area (Å²) < 4.78 is 29.7. The molecule has 29 valence electrons. The zero-order valence-electron chi connectivity index (χ0n) is 4.04. The third-order valence-electron chi connectivity index (χ3n) is 0. The van der Waals surface area contributed by atoms with Gasteiger partial charge in [0.05, 0.1) is 0 Å². The van der Waals surface area contributed by atoms with E-state index in [2.05, 4.69) is 0 Å². The molecule has 0 unspecified atom stereocenters. The number of rotatable bonds is 0. The topological polar surface area (TPSA) is 0 Å². The van der Waals surface area contributed by atoms with Crippen molar-refractivity contribution >= 4 is 19.8 Å². The fourth-order valence-corrected chi connectivity index (χ4v) is 0. The van der Waals surface area contributed by atoms with Gasteiger partial charge in [0.2, 0.25) is 0 Å². The summed E-state index contributed by atoms with van der Waals surface area (Å²) in [5.41, 5.74) is 0. The number of hydrogen-bond acceptors (Lipinski definition) is 0. The predicted molar refractivity (Wildman–Crippen MR) is 41.3 cm³/mol. The van der Waals surface area contributed by atoms with Crippen molar-refractivity contribution in [1.82, 2.24) is 0 Å². The van der Waals surface area contributed by atoms with E-state index in [0.717, 1.165) is 0 Å². The van der Waals surface area contributed by atoms with Crippen LogP contribution in [0.3, 0.4) is 0 Å². The SMILES string of the molecule is C.[B]#[La](#[B])(#[B])(#[B])(#[B])#[B]. The molecule has 0 bridgehead atoms. The van der Waals surface area contributed by atoms with Crippen LogP contribution in [0.15, 0.2) is 0 Å². The van der Waals surface area contributed by atoms with E-state index in [1.165, 1.54) is 0 Å². The van der Waals surface area contributed by atoms with Gasteiger partial charge in [-0.3, -0.25) is 0 Å². The minimum atomic E-state index is -5.44. The molecule has 0 aliphatic carbocycles. The van der Waals surface area contributed by atoms with Crippen LogP contribution in [-0.4, -0.2) is 19.8 Å². The van der Waals surface area contributed by atoms with E-state index >= 15 is 0 Å². The summed E-state index contributed by atoms with van der Waals surface area (Å²) in [6.45, 7) is 0. The molecule has 0 nitrogen and oxygen atoms in total. The van der Waals surface area contributed by atoms with Crippen molar-refractivity contribution in [2.24, 2.45) is 0 Å². The molecule has 0 aliphatic rings. The maximum absolute atomic E-state index is 5.44. The summed E-state index contributed by atoms with van der Waals surface area (Å²) in [5.74, 6) is 0. The molecule has 0 atom stereocenters. The summed E-state index contributed by atoms with van der Waals surface area (Å²) in [6.07, 6.45) is 0. The summed E-state index contributed by atoms with van der Waals surface area (Å²) in [4.78, 5) is 0. The Morgan fingerprint density at radius 2 is 0.625 bits per heavy atom. The van der Waals surface area contributed by atoms with Gasteiger partial charge in [0, 0.05) is 0 Å². The first kappa shape index (κ1) is 12.3. The van der Waals surface area contributed by atoms with E-state index in [-0.39, 0.29) is 7.43 Å². The Labute approximate surface area is 44.6 Å². The second kappa shape index (κ2) is 1.80. The summed E-state index contributed by atoms with van der Waals surface area (Å²) in [7, 11) is 0. The quantitative estimate of drug-likeness (QED) is 0.429. The van der Waals surface area contributed by atoms with Gasteiger partial charge in [-0.05, 0) is 0 Å². The van der Waals surface area contributed by atoms with Crippen molar-refractivity contribution in [3.63, 3.8) is 0 Å². The Morgan fingerprint density at radius 3 is 0.625 bits per heavy atom. The van der Waals surface area contributed by atoms with Gasteiger partial charge in [0.25, 0.3) is 0 Å². The van der Waals surface area contributed by atoms with Crippen LogP contribution >= 0.6 is 0 Å². The van der Waals surface area contributed by atoms with Crippen molar-refractivity contribution < 1.29 is 18.1 Å². The molecule has 0 saturated heterocycles. The zero-order valence-corrected chi connectivity index (χ0v) is 7.67. The molecule has 0 spiro atoms. The van der Waals surface area contributed by atoms with Crippen LogP contribution in [0, 0.1) is 18.1 Å². The van der Waals surface area contributed by atoms with Gasteiger partial charge in [0.15, 0.2) is 0 Å². The van der Waals surface area contributed by atoms with Crippen molar-refractivity contribution in [3.05, 3.63) is 0 Å². The molecule has 7 heteroatoms. The van der Waals surface area contributed by atoms with E-state index in [9.17, 15) is 0 Å². The molecule has 0 saturated carbocycles. The predicted octanol–water partition coefficient (Wildman–Crippen LogP) is -1.65. The van der Waals surface area contributed by atoms with E-state index in [1.807, 2.05) is 0 Å². The second-order valence-electron chi connectivity index (χ2n) is 2.89. The van der Waals surface area contributed by atoms with Crippen LogP contribution in [0.4, 0.5) is 0 Å². The molecular weight excluding hydrogens is 216 g/mol. The fourth-order valence-electron chi connectivity index (χ4n) is 0. The van der Waals surface area contributed by atoms with Crippen LogP contribution in [0.5, 0.6) is 0 Å². The van der Waals surface area contributed by atoms with Gasteiger partial charge < -0.3 is 0 Å². The molecule has 0 radical (unpaired) electrons. The van der Waals surface area contributed by atoms with Gasteiger partial charge in [0.1, 0.15) is 0 Å². The van der Waals surface area contributed by atoms with Crippen LogP contribution < -0.4 is 0 Å². The van der Waals surface area contributed by atoms with Crippen LogP contribution in [0.25, 0.3) is 0 Å². The Morgan fingerprint density at radius 1 is 0.625 bits per heavy atom. The first-order chi connectivity index (χ1) is 2.45. The zero-order chi connectivity index (χ0) is 6.41. The van der Waals surface area contributed by atoms with Crippen molar-refractivity contribution in [1.29, 1.82) is 0 Å². The first-order valence-corrected chi connectivity index (χ1v) is 14.6. The molecule has 0 aromatic rings. The molecule has 0 fully saturated rings. The van der Waals surface area contributed by atoms with Crippen molar-refractivity contribution in [2.75, 3.05) is 0 Å². The third-order valence-corrected chi connectivity index (χ3v) is 0. The number of hydrogen-bond donors (Lipinski definition) is 0. The summed E-state index contributed by atoms with van der Waals surface area (Å²) in [5, 5.41) is 0. The van der Waals surface area contributed by atoms with E-state index in [4.69, 9.17) is 19.8 Å². The molecule has 0 amide bonds. The van der Waals surface area contributed by atoms with E-state index in [0.29, 0.717) is 0 Å². The summed E-state index contributed by atoms with van der Waals surface area (Å²) >= 11 is -5.44. The third kappa shape index (κ3) is 131. The van der Waals surface area contributed by atoms with Crippen LogP contribution in [0.1, 0.15) is 7.43 Å². The first-order valence-electron chi connectivity index (χ1n) is 2.00. The molecule has 0 heterocycles. The average Bonchev–Trinajstić information content (AvgIpc) is 0.592. The van der Waals surface area contributed by atoms with Gasteiger partial charge in [-0.15, -0.1) is 0 Å². The Bertz CT molecular complexity index is 1200. The van der Waals surface area contributed by atoms with Gasteiger partial charge in [-0.1, -0.05) is 7.43 Å². The summed E-state index contributed by atoms with van der Waals surface area (Å²) in [6, 6.07) is 0. The Balaban J connectivity index is 0. The molecule has 0 aliphatic heterocycles. The molecule has 8 heavy (non-hydrogen) atoms. The van der Waals surface area contributed by atoms with Crippen LogP contribution in [-0.2, 0) is 0 Å². The standard InChI is InChI=1S/CH4.6B.La/h1H4;;;;;;;. The van der Waals surface area contributed by atoms with Gasteiger partial charge in [-0.2, -0.15) is 0 Å². The normalized spacial score (nSPS) is 21.0. The average molecular weight is 220 g/mol. The second-order valence-corrected chi connectivity index (χ2v) is 21.0. The van der Waals surface area contributed by atoms with E-state index < -0.39 is 18.1 Å². The van der Waals surface area contributed by atoms with E-state index in [1.54, 1.807) is 0 Å². The monoisotopic (exact) mass is 221 g/mol. The molecule has 0 aromatic heterocycles. The van der Waals surface area contributed by atoms with Crippen LogP contribution in [0.2, 0.25) is 0 Å². The molecule has 0 rings (SSSR count). The maximum atomic E-state index is 4.94. The Kier molecular flexibility index (Phi) is 2.76. The molecule has 0 aromatic carbocycles.